The molecule has 5 heteroatoms. The molecule has 4 rings (SSSR count). The topological polar surface area (TPSA) is 81.6 Å². The molecule has 0 atom stereocenters. The van der Waals surface area contributed by atoms with Crippen LogP contribution in [0.15, 0.2) is 79.0 Å². The first-order chi connectivity index (χ1) is 15.6. The quantitative estimate of drug-likeness (QED) is 0.452. The van der Waals surface area contributed by atoms with Crippen molar-refractivity contribution in [1.82, 2.24) is 15.3 Å². The summed E-state index contributed by atoms with van der Waals surface area (Å²) in [6.45, 7) is 2.05. The van der Waals surface area contributed by atoms with Gasteiger partial charge >= 0.3 is 0 Å². The Morgan fingerprint density at radius 2 is 1.66 bits per heavy atom. The van der Waals surface area contributed by atoms with Crippen LogP contribution < -0.4 is 5.32 Å². The van der Waals surface area contributed by atoms with E-state index in [2.05, 4.69) is 51.7 Å². The zero-order chi connectivity index (χ0) is 22.3. The number of benzene rings is 3. The number of nitriles is 1. The van der Waals surface area contributed by atoms with Gasteiger partial charge in [-0.25, -0.2) is 4.98 Å². The fourth-order valence-corrected chi connectivity index (χ4v) is 3.67. The number of hydrogen-bond donors (Lipinski definition) is 2. The molecule has 0 aliphatic carbocycles. The van der Waals surface area contributed by atoms with Crippen LogP contribution in [-0.2, 0) is 24.2 Å². The van der Waals surface area contributed by atoms with Gasteiger partial charge in [-0.3, -0.25) is 4.79 Å². The Morgan fingerprint density at radius 3 is 2.38 bits per heavy atom. The Morgan fingerprint density at radius 1 is 0.969 bits per heavy atom. The molecule has 1 aromatic heterocycles. The first-order valence-corrected chi connectivity index (χ1v) is 10.5. The van der Waals surface area contributed by atoms with E-state index in [4.69, 9.17) is 5.26 Å². The van der Waals surface area contributed by atoms with Crippen LogP contribution in [0.2, 0.25) is 0 Å². The molecule has 0 fully saturated rings. The minimum atomic E-state index is -0.0350. The van der Waals surface area contributed by atoms with Gasteiger partial charge in [-0.2, -0.15) is 5.26 Å². The van der Waals surface area contributed by atoms with Gasteiger partial charge in [0.25, 0.3) is 0 Å². The SMILES string of the molecule is CC(=O)NCc1ccccc1-c1ccc(Cc2ncc(Cc3ccc(C#N)cc3)[nH]2)cc1. The lowest BCUT2D eigenvalue weighted by Gasteiger charge is -2.11. The van der Waals surface area contributed by atoms with Crippen molar-refractivity contribution in [2.24, 2.45) is 0 Å². The third-order valence-electron chi connectivity index (χ3n) is 5.34. The van der Waals surface area contributed by atoms with Crippen LogP contribution >= 0.6 is 0 Å². The number of nitrogens with zero attached hydrogens (tertiary/aromatic N) is 2. The maximum absolute atomic E-state index is 11.3. The van der Waals surface area contributed by atoms with Crippen LogP contribution in [0.3, 0.4) is 0 Å². The fraction of sp³-hybridized carbons (Fsp3) is 0.148. The number of carbonyl (C=O) groups is 1. The van der Waals surface area contributed by atoms with Crippen molar-refractivity contribution < 1.29 is 4.79 Å². The highest BCUT2D eigenvalue weighted by Gasteiger charge is 2.07. The molecule has 5 nitrogen and oxygen atoms in total. The maximum atomic E-state index is 11.3. The van der Waals surface area contributed by atoms with Crippen molar-refractivity contribution in [3.05, 3.63) is 113 Å². The standard InChI is InChI=1S/C27H24N4O/c1-19(32)29-17-24-4-2-3-5-26(24)23-12-10-21(11-13-23)15-27-30-18-25(31-27)14-20-6-8-22(16-28)9-7-20/h2-13,18H,14-15,17H2,1H3,(H,29,32)(H,30,31). The van der Waals surface area contributed by atoms with E-state index in [0.29, 0.717) is 12.1 Å². The normalized spacial score (nSPS) is 10.5. The van der Waals surface area contributed by atoms with Gasteiger partial charge in [-0.05, 0) is 39.9 Å². The molecule has 1 heterocycles. The molecule has 0 aliphatic heterocycles. The van der Waals surface area contributed by atoms with E-state index >= 15 is 0 Å². The molecule has 0 bridgehead atoms. The third-order valence-corrected chi connectivity index (χ3v) is 5.34. The zero-order valence-electron chi connectivity index (χ0n) is 17.9. The molecule has 0 spiro atoms. The first kappa shape index (κ1) is 21.1. The Bertz CT molecular complexity index is 1250. The molecule has 4 aromatic rings. The fourth-order valence-electron chi connectivity index (χ4n) is 3.67. The van der Waals surface area contributed by atoms with E-state index in [1.807, 2.05) is 48.7 Å². The van der Waals surface area contributed by atoms with E-state index in [-0.39, 0.29) is 5.91 Å². The van der Waals surface area contributed by atoms with Crippen LogP contribution in [-0.4, -0.2) is 15.9 Å². The molecule has 1 amide bonds. The molecule has 0 aliphatic rings. The number of aromatic nitrogens is 2. The summed E-state index contributed by atoms with van der Waals surface area (Å²) in [7, 11) is 0. The highest BCUT2D eigenvalue weighted by atomic mass is 16.1. The molecule has 0 unspecified atom stereocenters. The number of hydrogen-bond acceptors (Lipinski definition) is 3. The summed E-state index contributed by atoms with van der Waals surface area (Å²) in [6, 6.07) is 26.3. The lowest BCUT2D eigenvalue weighted by molar-refractivity contribution is -0.119. The number of imidazole rings is 1. The van der Waals surface area contributed by atoms with Crippen molar-refractivity contribution in [2.75, 3.05) is 0 Å². The number of aromatic amines is 1. The van der Waals surface area contributed by atoms with Crippen molar-refractivity contribution >= 4 is 5.91 Å². The summed E-state index contributed by atoms with van der Waals surface area (Å²) >= 11 is 0. The van der Waals surface area contributed by atoms with Crippen molar-refractivity contribution in [2.45, 2.75) is 26.3 Å². The number of carbonyl (C=O) groups excluding carboxylic acids is 1. The molecule has 32 heavy (non-hydrogen) atoms. The number of amides is 1. The molecular formula is C27H24N4O. The molecule has 0 saturated carbocycles. The van der Waals surface area contributed by atoms with Crippen molar-refractivity contribution in [3.63, 3.8) is 0 Å². The van der Waals surface area contributed by atoms with Crippen LogP contribution in [0.5, 0.6) is 0 Å². The Kier molecular flexibility index (Phi) is 6.43. The number of H-pyrrole nitrogens is 1. The van der Waals surface area contributed by atoms with Gasteiger partial charge < -0.3 is 10.3 Å². The van der Waals surface area contributed by atoms with Crippen molar-refractivity contribution in [3.8, 4) is 17.2 Å². The largest absolute Gasteiger partial charge is 0.352 e. The summed E-state index contributed by atoms with van der Waals surface area (Å²) in [5.41, 5.74) is 7.36. The van der Waals surface area contributed by atoms with Gasteiger partial charge in [-0.15, -0.1) is 0 Å². The summed E-state index contributed by atoms with van der Waals surface area (Å²) < 4.78 is 0. The van der Waals surface area contributed by atoms with Crippen LogP contribution in [0.1, 0.15) is 40.7 Å². The highest BCUT2D eigenvalue weighted by Crippen LogP contribution is 2.24. The minimum absolute atomic E-state index is 0.0350. The van der Waals surface area contributed by atoms with E-state index in [9.17, 15) is 4.79 Å². The van der Waals surface area contributed by atoms with E-state index < -0.39 is 0 Å². The van der Waals surface area contributed by atoms with Gasteiger partial charge in [0.05, 0.1) is 11.6 Å². The van der Waals surface area contributed by atoms with Crippen LogP contribution in [0, 0.1) is 11.3 Å². The summed E-state index contributed by atoms with van der Waals surface area (Å²) in [5.74, 6) is 0.889. The van der Waals surface area contributed by atoms with E-state index in [1.165, 1.54) is 12.5 Å². The number of rotatable bonds is 7. The lowest BCUT2D eigenvalue weighted by Crippen LogP contribution is -2.19. The van der Waals surface area contributed by atoms with Crippen LogP contribution in [0.25, 0.3) is 11.1 Å². The predicted octanol–water partition coefficient (Wildman–Crippen LogP) is 4.77. The smallest absolute Gasteiger partial charge is 0.217 e. The maximum Gasteiger partial charge on any atom is 0.217 e. The van der Waals surface area contributed by atoms with Gasteiger partial charge in [0.15, 0.2) is 0 Å². The van der Waals surface area contributed by atoms with Crippen LogP contribution in [0.4, 0.5) is 0 Å². The summed E-state index contributed by atoms with van der Waals surface area (Å²) in [4.78, 5) is 19.2. The molecule has 0 radical (unpaired) electrons. The number of nitrogens with one attached hydrogen (secondary N) is 2. The predicted molar refractivity (Wildman–Crippen MR) is 125 cm³/mol. The Hall–Kier alpha value is -4.17. The highest BCUT2D eigenvalue weighted by molar-refractivity contribution is 5.74. The van der Waals surface area contributed by atoms with Crippen molar-refractivity contribution in [1.29, 1.82) is 5.26 Å². The van der Waals surface area contributed by atoms with Gasteiger partial charge in [0.1, 0.15) is 5.82 Å². The zero-order valence-corrected chi connectivity index (χ0v) is 17.9. The molecule has 3 aromatic carbocycles. The van der Waals surface area contributed by atoms with E-state index in [1.54, 1.807) is 0 Å². The van der Waals surface area contributed by atoms with Gasteiger partial charge in [0, 0.05) is 38.2 Å². The van der Waals surface area contributed by atoms with Gasteiger partial charge in [0.2, 0.25) is 5.91 Å². The molecule has 2 N–H and O–H groups in total. The third kappa shape index (κ3) is 5.30. The van der Waals surface area contributed by atoms with Gasteiger partial charge in [-0.1, -0.05) is 60.7 Å². The lowest BCUT2D eigenvalue weighted by atomic mass is 9.98. The average Bonchev–Trinajstić information content (AvgIpc) is 3.25. The second-order valence-electron chi connectivity index (χ2n) is 7.78. The molecular weight excluding hydrogens is 396 g/mol. The summed E-state index contributed by atoms with van der Waals surface area (Å²) in [6.07, 6.45) is 3.35. The monoisotopic (exact) mass is 420 g/mol. The van der Waals surface area contributed by atoms with E-state index in [0.717, 1.165) is 46.6 Å². The minimum Gasteiger partial charge on any atom is -0.352 e. The molecule has 158 valence electrons. The second-order valence-corrected chi connectivity index (χ2v) is 7.78. The second kappa shape index (κ2) is 9.76. The Balaban J connectivity index is 1.42. The summed E-state index contributed by atoms with van der Waals surface area (Å²) in [5, 5.41) is 11.8. The Labute approximate surface area is 187 Å². The average molecular weight is 421 g/mol. The first-order valence-electron chi connectivity index (χ1n) is 10.5. The molecule has 0 saturated heterocycles.